The Morgan fingerprint density at radius 2 is 1.63 bits per heavy atom. The maximum absolute atomic E-state index is 13.8. The molecule has 0 radical (unpaired) electrons. The van der Waals surface area contributed by atoms with E-state index in [1.165, 1.54) is 13.0 Å². The van der Waals surface area contributed by atoms with Gasteiger partial charge in [-0.1, -0.05) is 60.7 Å². The van der Waals surface area contributed by atoms with Crippen LogP contribution in [-0.4, -0.2) is 15.7 Å². The molecule has 8 heteroatoms. The number of benzene rings is 4. The molecular weight excluding hydrogens is 491 g/mol. The van der Waals surface area contributed by atoms with Gasteiger partial charge in [-0.2, -0.15) is 18.3 Å². The Morgan fingerprint density at radius 3 is 2.32 bits per heavy atom. The van der Waals surface area contributed by atoms with E-state index < -0.39 is 17.7 Å². The number of hydrogen-bond acceptors (Lipinski definition) is 4. The van der Waals surface area contributed by atoms with Crippen molar-refractivity contribution in [3.05, 3.63) is 108 Å². The van der Waals surface area contributed by atoms with Crippen molar-refractivity contribution in [2.45, 2.75) is 26.6 Å². The average Bonchev–Trinajstić information content (AvgIpc) is 3.24. The standard InChI is InChI=1S/C30H24F3N3O2/c1-19-26(12-7-13-27(19)38-20(2)37)34-23-16-14-22(15-17-23)29-24-10-6-11-25(30(31,32)33)28(24)35-36(29)18-21-8-4-3-5-9-21/h3-17,34H,18H2,1-2H3. The second-order valence-electron chi connectivity index (χ2n) is 8.92. The molecule has 1 aromatic heterocycles. The Balaban J connectivity index is 1.54. The van der Waals surface area contributed by atoms with E-state index in [2.05, 4.69) is 10.4 Å². The molecule has 0 spiro atoms. The number of aromatic nitrogens is 2. The molecular formula is C30H24F3N3O2. The Labute approximate surface area is 217 Å². The monoisotopic (exact) mass is 515 g/mol. The molecule has 1 N–H and O–H groups in total. The third-order valence-corrected chi connectivity index (χ3v) is 6.23. The van der Waals surface area contributed by atoms with Crippen LogP contribution in [0.5, 0.6) is 5.75 Å². The van der Waals surface area contributed by atoms with Gasteiger partial charge in [-0.05, 0) is 42.8 Å². The van der Waals surface area contributed by atoms with Gasteiger partial charge in [0.1, 0.15) is 11.3 Å². The fourth-order valence-electron chi connectivity index (χ4n) is 4.44. The van der Waals surface area contributed by atoms with Crippen molar-refractivity contribution in [2.75, 3.05) is 5.32 Å². The smallest absolute Gasteiger partial charge is 0.418 e. The predicted octanol–water partition coefficient (Wildman–Crippen LogP) is 7.75. The molecule has 0 saturated heterocycles. The molecule has 0 aliphatic heterocycles. The predicted molar refractivity (Wildman–Crippen MR) is 141 cm³/mol. The number of esters is 1. The van der Waals surface area contributed by atoms with E-state index in [0.29, 0.717) is 23.4 Å². The molecule has 0 saturated carbocycles. The van der Waals surface area contributed by atoms with E-state index in [1.807, 2.05) is 67.6 Å². The highest BCUT2D eigenvalue weighted by atomic mass is 19.4. The van der Waals surface area contributed by atoms with Gasteiger partial charge in [0.2, 0.25) is 0 Å². The van der Waals surface area contributed by atoms with Crippen molar-refractivity contribution in [1.29, 1.82) is 0 Å². The summed E-state index contributed by atoms with van der Waals surface area (Å²) in [6, 6.07) is 26.4. The quantitative estimate of drug-likeness (QED) is 0.186. The minimum absolute atomic E-state index is 0.0777. The summed E-state index contributed by atoms with van der Waals surface area (Å²) in [5.74, 6) is 0.0681. The molecule has 38 heavy (non-hydrogen) atoms. The zero-order chi connectivity index (χ0) is 26.9. The van der Waals surface area contributed by atoms with Crippen molar-refractivity contribution in [1.82, 2.24) is 9.78 Å². The van der Waals surface area contributed by atoms with E-state index in [1.54, 1.807) is 22.9 Å². The second-order valence-corrected chi connectivity index (χ2v) is 8.92. The van der Waals surface area contributed by atoms with Crippen LogP contribution in [-0.2, 0) is 17.5 Å². The fraction of sp³-hybridized carbons (Fsp3) is 0.133. The first-order valence-corrected chi connectivity index (χ1v) is 12.0. The Morgan fingerprint density at radius 1 is 0.921 bits per heavy atom. The van der Waals surface area contributed by atoms with Crippen LogP contribution in [0, 0.1) is 6.92 Å². The van der Waals surface area contributed by atoms with Crippen molar-refractivity contribution in [3.63, 3.8) is 0 Å². The number of rotatable bonds is 6. The SMILES string of the molecule is CC(=O)Oc1cccc(Nc2ccc(-c3c4cccc(C(F)(F)F)c4nn3Cc3ccccc3)cc2)c1C. The van der Waals surface area contributed by atoms with Crippen LogP contribution in [0.1, 0.15) is 23.6 Å². The first kappa shape index (κ1) is 25.1. The number of anilines is 2. The highest BCUT2D eigenvalue weighted by Gasteiger charge is 2.34. The first-order chi connectivity index (χ1) is 18.2. The highest BCUT2D eigenvalue weighted by Crippen LogP contribution is 2.38. The number of carbonyl (C=O) groups is 1. The lowest BCUT2D eigenvalue weighted by molar-refractivity contribution is -0.136. The van der Waals surface area contributed by atoms with Crippen LogP contribution < -0.4 is 10.1 Å². The molecule has 5 rings (SSSR count). The van der Waals surface area contributed by atoms with Crippen molar-refractivity contribution < 1.29 is 22.7 Å². The van der Waals surface area contributed by atoms with Gasteiger partial charge >= 0.3 is 12.1 Å². The highest BCUT2D eigenvalue weighted by molar-refractivity contribution is 5.95. The molecule has 0 atom stereocenters. The van der Waals surface area contributed by atoms with Gasteiger partial charge in [-0.15, -0.1) is 0 Å². The minimum atomic E-state index is -4.52. The third kappa shape index (κ3) is 5.11. The van der Waals surface area contributed by atoms with Gasteiger partial charge in [-0.25, -0.2) is 0 Å². The van der Waals surface area contributed by atoms with Gasteiger partial charge in [-0.3, -0.25) is 9.48 Å². The zero-order valence-corrected chi connectivity index (χ0v) is 20.7. The maximum Gasteiger partial charge on any atom is 0.418 e. The lowest BCUT2D eigenvalue weighted by Crippen LogP contribution is -2.06. The van der Waals surface area contributed by atoms with Crippen molar-refractivity contribution in [2.24, 2.45) is 0 Å². The van der Waals surface area contributed by atoms with E-state index >= 15 is 0 Å². The first-order valence-electron chi connectivity index (χ1n) is 12.0. The van der Waals surface area contributed by atoms with Crippen LogP contribution in [0.3, 0.4) is 0 Å². The summed E-state index contributed by atoms with van der Waals surface area (Å²) in [6.07, 6.45) is -4.52. The second kappa shape index (κ2) is 10.0. The number of halogens is 3. The van der Waals surface area contributed by atoms with Crippen molar-refractivity contribution in [3.8, 4) is 17.0 Å². The number of fused-ring (bicyclic) bond motifs is 1. The lowest BCUT2D eigenvalue weighted by Gasteiger charge is -2.14. The molecule has 5 aromatic rings. The van der Waals surface area contributed by atoms with E-state index in [0.717, 1.165) is 34.1 Å². The maximum atomic E-state index is 13.8. The van der Waals surface area contributed by atoms with Gasteiger partial charge in [0.25, 0.3) is 0 Å². The van der Waals surface area contributed by atoms with Gasteiger partial charge in [0.15, 0.2) is 0 Å². The van der Waals surface area contributed by atoms with Gasteiger partial charge in [0.05, 0.1) is 17.8 Å². The number of nitrogens with one attached hydrogen (secondary N) is 1. The Hall–Kier alpha value is -4.59. The molecule has 0 aliphatic carbocycles. The summed E-state index contributed by atoms with van der Waals surface area (Å²) in [5, 5.41) is 8.17. The normalized spacial score (nSPS) is 11.5. The molecule has 5 nitrogen and oxygen atoms in total. The number of ether oxygens (including phenoxy) is 1. The van der Waals surface area contributed by atoms with Crippen LogP contribution in [0.15, 0.2) is 91.0 Å². The number of carbonyl (C=O) groups excluding carboxylic acids is 1. The average molecular weight is 516 g/mol. The molecule has 0 bridgehead atoms. The van der Waals surface area contributed by atoms with E-state index in [9.17, 15) is 18.0 Å². The number of hydrogen-bond donors (Lipinski definition) is 1. The molecule has 0 fully saturated rings. The van der Waals surface area contributed by atoms with Gasteiger partial charge in [0, 0.05) is 34.8 Å². The summed E-state index contributed by atoms with van der Waals surface area (Å²) in [6.45, 7) is 3.52. The van der Waals surface area contributed by atoms with Crippen LogP contribution in [0.2, 0.25) is 0 Å². The summed E-state index contributed by atoms with van der Waals surface area (Å²) >= 11 is 0. The Bertz CT molecular complexity index is 1610. The van der Waals surface area contributed by atoms with Crippen LogP contribution >= 0.6 is 0 Å². The zero-order valence-electron chi connectivity index (χ0n) is 20.7. The van der Waals surface area contributed by atoms with Gasteiger partial charge < -0.3 is 10.1 Å². The molecule has 0 unspecified atom stereocenters. The largest absolute Gasteiger partial charge is 0.426 e. The molecule has 1 heterocycles. The summed E-state index contributed by atoms with van der Waals surface area (Å²) < 4.78 is 48.3. The summed E-state index contributed by atoms with van der Waals surface area (Å²) in [4.78, 5) is 11.4. The number of nitrogens with zero attached hydrogens (tertiary/aromatic N) is 2. The topological polar surface area (TPSA) is 56.1 Å². The van der Waals surface area contributed by atoms with Crippen molar-refractivity contribution >= 4 is 28.2 Å². The Kier molecular flexibility index (Phi) is 6.63. The number of alkyl halides is 3. The third-order valence-electron chi connectivity index (χ3n) is 6.23. The van der Waals surface area contributed by atoms with E-state index in [-0.39, 0.29) is 5.52 Å². The van der Waals surface area contributed by atoms with Crippen LogP contribution in [0.25, 0.3) is 22.2 Å². The molecule has 0 aliphatic rings. The fourth-order valence-corrected chi connectivity index (χ4v) is 4.44. The minimum Gasteiger partial charge on any atom is -0.426 e. The summed E-state index contributed by atoms with van der Waals surface area (Å²) in [7, 11) is 0. The lowest BCUT2D eigenvalue weighted by atomic mass is 10.0. The van der Waals surface area contributed by atoms with E-state index in [4.69, 9.17) is 4.74 Å². The van der Waals surface area contributed by atoms with Crippen LogP contribution in [0.4, 0.5) is 24.5 Å². The molecule has 192 valence electrons. The summed E-state index contributed by atoms with van der Waals surface area (Å²) in [5.41, 5.74) is 3.75. The molecule has 4 aromatic carbocycles. The molecule has 0 amide bonds.